The smallest absolute Gasteiger partial charge is 0.304 e. The first-order valence-electron chi connectivity index (χ1n) is 6.58. The van der Waals surface area contributed by atoms with E-state index in [4.69, 9.17) is 0 Å². The van der Waals surface area contributed by atoms with Crippen molar-refractivity contribution in [3.63, 3.8) is 0 Å². The van der Waals surface area contributed by atoms with Crippen LogP contribution in [0.1, 0.15) is 18.5 Å². The third kappa shape index (κ3) is 4.11. The van der Waals surface area contributed by atoms with Crippen LogP contribution < -0.4 is 9.64 Å². The molecule has 2 rings (SSSR count). The van der Waals surface area contributed by atoms with E-state index in [-0.39, 0.29) is 37.4 Å². The first-order chi connectivity index (χ1) is 10.2. The summed E-state index contributed by atoms with van der Waals surface area (Å²) in [7, 11) is 0. The lowest BCUT2D eigenvalue weighted by Gasteiger charge is -2.33. The lowest BCUT2D eigenvalue weighted by Crippen LogP contribution is -2.40. The van der Waals surface area contributed by atoms with Gasteiger partial charge >= 0.3 is 6.43 Å². The molecule has 1 saturated heterocycles. The number of aryl methyl sites for hydroxylation is 1. The summed E-state index contributed by atoms with van der Waals surface area (Å²) in [6, 6.07) is 1.39. The van der Waals surface area contributed by atoms with Gasteiger partial charge in [0.25, 0.3) is 12.3 Å². The highest BCUT2D eigenvalue weighted by atomic mass is 127. The van der Waals surface area contributed by atoms with Crippen molar-refractivity contribution in [1.82, 2.24) is 4.98 Å². The van der Waals surface area contributed by atoms with Crippen LogP contribution in [-0.2, 0) is 0 Å². The van der Waals surface area contributed by atoms with Crippen LogP contribution >= 0.6 is 22.6 Å². The van der Waals surface area contributed by atoms with Gasteiger partial charge in [0.15, 0.2) is 0 Å². The summed E-state index contributed by atoms with van der Waals surface area (Å²) < 4.78 is 68.8. The topological polar surface area (TPSA) is 25.4 Å². The van der Waals surface area contributed by atoms with E-state index in [2.05, 4.69) is 9.72 Å². The molecule has 1 aliphatic rings. The van der Waals surface area contributed by atoms with E-state index in [0.717, 1.165) is 0 Å². The Bertz CT molecular complexity index is 533. The van der Waals surface area contributed by atoms with E-state index < -0.39 is 18.7 Å². The second-order valence-corrected chi connectivity index (χ2v) is 6.19. The highest BCUT2D eigenvalue weighted by molar-refractivity contribution is 14.1. The first kappa shape index (κ1) is 17.5. The van der Waals surface area contributed by atoms with Gasteiger partial charge < -0.3 is 9.64 Å². The number of alkyl halides is 5. The molecule has 0 bridgehead atoms. The van der Waals surface area contributed by atoms with E-state index in [1.807, 2.05) is 22.6 Å². The lowest BCUT2D eigenvalue weighted by molar-refractivity contribution is -0.0674. The highest BCUT2D eigenvalue weighted by Crippen LogP contribution is 2.34. The van der Waals surface area contributed by atoms with Gasteiger partial charge in [-0.2, -0.15) is 4.39 Å². The van der Waals surface area contributed by atoms with Crippen molar-refractivity contribution in [2.45, 2.75) is 38.5 Å². The number of rotatable bonds is 4. The number of pyridine rings is 1. The molecule has 3 nitrogen and oxygen atoms in total. The Balaban J connectivity index is 2.16. The summed E-state index contributed by atoms with van der Waals surface area (Å²) in [5, 5.41) is 0. The molecule has 1 unspecified atom stereocenters. The van der Waals surface area contributed by atoms with Crippen LogP contribution in [0.2, 0.25) is 0 Å². The van der Waals surface area contributed by atoms with Crippen molar-refractivity contribution >= 4 is 28.4 Å². The molecule has 124 valence electrons. The second-order valence-electron chi connectivity index (χ2n) is 5.02. The predicted octanol–water partition coefficient (Wildman–Crippen LogP) is 4.17. The monoisotopic (exact) mass is 436 g/mol. The molecule has 0 amide bonds. The third-order valence-electron chi connectivity index (χ3n) is 3.33. The molecular formula is C13H14F5IN2O. The quantitative estimate of drug-likeness (QED) is 0.524. The van der Waals surface area contributed by atoms with Gasteiger partial charge in [0.2, 0.25) is 0 Å². The Morgan fingerprint density at radius 1 is 1.27 bits per heavy atom. The van der Waals surface area contributed by atoms with E-state index in [0.29, 0.717) is 9.39 Å². The van der Waals surface area contributed by atoms with Crippen LogP contribution in [0.15, 0.2) is 6.07 Å². The summed E-state index contributed by atoms with van der Waals surface area (Å²) in [5.74, 6) is -2.27. The van der Waals surface area contributed by atoms with E-state index in [9.17, 15) is 22.0 Å². The number of hydrogen-bond acceptors (Lipinski definition) is 3. The zero-order valence-corrected chi connectivity index (χ0v) is 13.8. The molecule has 0 N–H and O–H groups in total. The van der Waals surface area contributed by atoms with E-state index >= 15 is 0 Å². The van der Waals surface area contributed by atoms with Crippen LogP contribution in [-0.4, -0.2) is 36.8 Å². The average molecular weight is 436 g/mol. The molecule has 1 aliphatic heterocycles. The number of aromatic nitrogens is 1. The van der Waals surface area contributed by atoms with Gasteiger partial charge in [-0.3, -0.25) is 0 Å². The van der Waals surface area contributed by atoms with Gasteiger partial charge in [0.1, 0.15) is 11.6 Å². The number of ether oxygens (including phenoxy) is 1. The molecule has 0 spiro atoms. The summed E-state index contributed by atoms with van der Waals surface area (Å²) in [6.45, 7) is 1.79. The fourth-order valence-corrected chi connectivity index (χ4v) is 2.86. The normalized spacial score (nSPS) is 19.4. The first-order valence-corrected chi connectivity index (χ1v) is 7.66. The maximum atomic E-state index is 13.2. The summed E-state index contributed by atoms with van der Waals surface area (Å²) in [6.07, 6.45) is -6.50. The maximum Gasteiger partial charge on any atom is 0.304 e. The van der Waals surface area contributed by atoms with Crippen molar-refractivity contribution in [2.24, 2.45) is 0 Å². The number of piperidine rings is 1. The van der Waals surface area contributed by atoms with Crippen LogP contribution in [0.25, 0.3) is 0 Å². The van der Waals surface area contributed by atoms with Gasteiger partial charge in [-0.15, -0.1) is 0 Å². The fourth-order valence-electron chi connectivity index (χ4n) is 2.11. The van der Waals surface area contributed by atoms with Crippen molar-refractivity contribution < 1.29 is 26.7 Å². The SMILES string of the molecule is Cc1nc(N2CCC(F)(F)CC2)c(I)cc1OC(F)C(F)F. The third-order valence-corrected chi connectivity index (χ3v) is 4.13. The predicted molar refractivity (Wildman–Crippen MR) is 79.6 cm³/mol. The molecule has 9 heteroatoms. The zero-order chi connectivity index (χ0) is 16.5. The van der Waals surface area contributed by atoms with Gasteiger partial charge in [-0.1, -0.05) is 0 Å². The van der Waals surface area contributed by atoms with Crippen molar-refractivity contribution in [3.05, 3.63) is 15.3 Å². The van der Waals surface area contributed by atoms with Crippen molar-refractivity contribution in [2.75, 3.05) is 18.0 Å². The van der Waals surface area contributed by atoms with Gasteiger partial charge in [0, 0.05) is 25.9 Å². The maximum absolute atomic E-state index is 13.2. The Labute approximate surface area is 138 Å². The molecule has 0 radical (unpaired) electrons. The molecule has 0 saturated carbocycles. The Morgan fingerprint density at radius 3 is 2.41 bits per heavy atom. The van der Waals surface area contributed by atoms with Crippen LogP contribution in [0.3, 0.4) is 0 Å². The van der Waals surface area contributed by atoms with Crippen LogP contribution in [0.4, 0.5) is 27.8 Å². The molecule has 0 aliphatic carbocycles. The Kier molecular flexibility index (Phi) is 5.33. The van der Waals surface area contributed by atoms with Crippen molar-refractivity contribution in [1.29, 1.82) is 0 Å². The van der Waals surface area contributed by atoms with Crippen molar-refractivity contribution in [3.8, 4) is 5.75 Å². The molecule has 22 heavy (non-hydrogen) atoms. The Morgan fingerprint density at radius 2 is 1.86 bits per heavy atom. The Hall–Kier alpha value is -0.870. The summed E-state index contributed by atoms with van der Waals surface area (Å²) in [4.78, 5) is 5.90. The molecule has 0 aromatic carbocycles. The number of anilines is 1. The number of hydrogen-bond donors (Lipinski definition) is 0. The van der Waals surface area contributed by atoms with Crippen LogP contribution in [0, 0.1) is 10.5 Å². The second kappa shape index (κ2) is 6.71. The van der Waals surface area contributed by atoms with Gasteiger partial charge in [-0.25, -0.2) is 22.5 Å². The zero-order valence-electron chi connectivity index (χ0n) is 11.6. The summed E-state index contributed by atoms with van der Waals surface area (Å²) in [5.41, 5.74) is 0.232. The average Bonchev–Trinajstić information content (AvgIpc) is 2.42. The van der Waals surface area contributed by atoms with Gasteiger partial charge in [0.05, 0.1) is 9.26 Å². The minimum Gasteiger partial charge on any atom is -0.453 e. The minimum absolute atomic E-state index is 0.0803. The number of halogens is 6. The number of nitrogens with zero attached hydrogens (tertiary/aromatic N) is 2. The molecular weight excluding hydrogens is 422 g/mol. The van der Waals surface area contributed by atoms with Gasteiger partial charge in [-0.05, 0) is 35.6 Å². The molecule has 2 heterocycles. The molecule has 1 aromatic heterocycles. The largest absolute Gasteiger partial charge is 0.453 e. The fraction of sp³-hybridized carbons (Fsp3) is 0.615. The molecule has 1 atom stereocenters. The van der Waals surface area contributed by atoms with Crippen LogP contribution in [0.5, 0.6) is 5.75 Å². The summed E-state index contributed by atoms with van der Waals surface area (Å²) >= 11 is 1.90. The standard InChI is InChI=1S/C13H14F5IN2O/c1-7-9(22-11(16)10(14)15)6-8(19)12(20-7)21-4-2-13(17,18)3-5-21/h6,10-11H,2-5H2,1H3. The van der Waals surface area contributed by atoms with E-state index in [1.165, 1.54) is 13.0 Å². The minimum atomic E-state index is -3.25. The lowest BCUT2D eigenvalue weighted by atomic mass is 10.1. The molecule has 1 aromatic rings. The molecule has 1 fully saturated rings. The highest BCUT2D eigenvalue weighted by Gasteiger charge is 2.35. The van der Waals surface area contributed by atoms with E-state index in [1.54, 1.807) is 4.90 Å².